The fraction of sp³-hybridized carbons (Fsp3) is 0.333. The van der Waals surface area contributed by atoms with Gasteiger partial charge in [-0.25, -0.2) is 4.98 Å². The van der Waals surface area contributed by atoms with E-state index >= 15 is 0 Å². The Morgan fingerprint density at radius 2 is 2.29 bits per heavy atom. The van der Waals surface area contributed by atoms with Crippen molar-refractivity contribution < 1.29 is 9.53 Å². The van der Waals surface area contributed by atoms with E-state index in [0.717, 1.165) is 24.5 Å². The number of hydrogen-bond acceptors (Lipinski definition) is 4. The monoisotopic (exact) mass is 288 g/mol. The lowest BCUT2D eigenvalue weighted by Crippen LogP contribution is -2.13. The maximum absolute atomic E-state index is 11.3. The van der Waals surface area contributed by atoms with E-state index < -0.39 is 5.91 Å². The second-order valence-corrected chi connectivity index (χ2v) is 4.67. The molecule has 0 saturated heterocycles. The summed E-state index contributed by atoms with van der Waals surface area (Å²) in [5.41, 5.74) is 6.47. The standard InChI is InChI=1S/C15H20N4O2/c1-3-7-19-8-6-17-14(19)10-18-12-9-11(15(16)20)4-5-13(12)21-2/h4-6,8-9,18H,3,7,10H2,1-2H3,(H2,16,20). The van der Waals surface area contributed by atoms with Gasteiger partial charge in [-0.2, -0.15) is 0 Å². The zero-order valence-electron chi connectivity index (χ0n) is 12.3. The van der Waals surface area contributed by atoms with E-state index in [1.165, 1.54) is 0 Å². The number of amides is 1. The van der Waals surface area contributed by atoms with Crippen LogP contribution in [0.3, 0.4) is 0 Å². The van der Waals surface area contributed by atoms with Gasteiger partial charge in [0, 0.05) is 24.5 Å². The second-order valence-electron chi connectivity index (χ2n) is 4.67. The second kappa shape index (κ2) is 6.78. The number of nitrogens with zero attached hydrogens (tertiary/aromatic N) is 2. The average molecular weight is 288 g/mol. The number of carbonyl (C=O) groups excluding carboxylic acids is 1. The van der Waals surface area contributed by atoms with Crippen molar-refractivity contribution in [2.24, 2.45) is 5.73 Å². The molecule has 1 aromatic carbocycles. The molecule has 3 N–H and O–H groups in total. The molecular formula is C15H20N4O2. The summed E-state index contributed by atoms with van der Waals surface area (Å²) in [7, 11) is 1.59. The van der Waals surface area contributed by atoms with Crippen LogP contribution < -0.4 is 15.8 Å². The molecule has 0 spiro atoms. The first-order valence-corrected chi connectivity index (χ1v) is 6.87. The van der Waals surface area contributed by atoms with Crippen molar-refractivity contribution in [2.45, 2.75) is 26.4 Å². The van der Waals surface area contributed by atoms with Crippen LogP contribution in [0.1, 0.15) is 29.5 Å². The molecule has 1 heterocycles. The predicted octanol–water partition coefficient (Wildman–Crippen LogP) is 2.01. The molecule has 2 aromatic rings. The van der Waals surface area contributed by atoms with Crippen LogP contribution in [0.5, 0.6) is 5.75 Å². The Kier molecular flexibility index (Phi) is 4.81. The van der Waals surface area contributed by atoms with E-state index in [2.05, 4.69) is 21.8 Å². The van der Waals surface area contributed by atoms with Crippen LogP contribution in [0.2, 0.25) is 0 Å². The van der Waals surface area contributed by atoms with E-state index in [4.69, 9.17) is 10.5 Å². The number of primary amides is 1. The molecule has 2 rings (SSSR count). The summed E-state index contributed by atoms with van der Waals surface area (Å²) < 4.78 is 7.38. The molecule has 0 saturated carbocycles. The van der Waals surface area contributed by atoms with Gasteiger partial charge in [0.15, 0.2) is 0 Å². The summed E-state index contributed by atoms with van der Waals surface area (Å²) in [6, 6.07) is 5.06. The first-order chi connectivity index (χ1) is 10.2. The van der Waals surface area contributed by atoms with Crippen LogP contribution in [0.4, 0.5) is 5.69 Å². The van der Waals surface area contributed by atoms with Gasteiger partial charge in [-0.3, -0.25) is 4.79 Å². The Morgan fingerprint density at radius 3 is 2.95 bits per heavy atom. The molecule has 0 atom stereocenters. The first-order valence-electron chi connectivity index (χ1n) is 6.87. The summed E-state index contributed by atoms with van der Waals surface area (Å²) >= 11 is 0. The first kappa shape index (κ1) is 14.9. The Morgan fingerprint density at radius 1 is 1.48 bits per heavy atom. The van der Waals surface area contributed by atoms with Crippen molar-refractivity contribution in [3.63, 3.8) is 0 Å². The maximum atomic E-state index is 11.3. The van der Waals surface area contributed by atoms with Crippen molar-refractivity contribution in [2.75, 3.05) is 12.4 Å². The Balaban J connectivity index is 2.16. The van der Waals surface area contributed by atoms with Gasteiger partial charge in [-0.05, 0) is 24.6 Å². The zero-order chi connectivity index (χ0) is 15.2. The van der Waals surface area contributed by atoms with Gasteiger partial charge in [0.25, 0.3) is 0 Å². The topological polar surface area (TPSA) is 82.2 Å². The highest BCUT2D eigenvalue weighted by Gasteiger charge is 2.09. The van der Waals surface area contributed by atoms with E-state index in [0.29, 0.717) is 17.9 Å². The van der Waals surface area contributed by atoms with E-state index in [9.17, 15) is 4.79 Å². The average Bonchev–Trinajstić information content (AvgIpc) is 2.92. The molecule has 0 aliphatic heterocycles. The van der Waals surface area contributed by atoms with Crippen molar-refractivity contribution in [3.05, 3.63) is 42.0 Å². The smallest absolute Gasteiger partial charge is 0.248 e. The van der Waals surface area contributed by atoms with Crippen LogP contribution in [-0.2, 0) is 13.1 Å². The molecule has 0 fully saturated rings. The fourth-order valence-corrected chi connectivity index (χ4v) is 2.13. The number of aryl methyl sites for hydroxylation is 1. The number of imidazole rings is 1. The van der Waals surface area contributed by atoms with E-state index in [1.54, 1.807) is 31.5 Å². The van der Waals surface area contributed by atoms with Crippen molar-refractivity contribution in [1.82, 2.24) is 9.55 Å². The van der Waals surface area contributed by atoms with Crippen LogP contribution in [-0.4, -0.2) is 22.6 Å². The predicted molar refractivity (Wildman–Crippen MR) is 81.4 cm³/mol. The largest absolute Gasteiger partial charge is 0.495 e. The fourth-order valence-electron chi connectivity index (χ4n) is 2.13. The maximum Gasteiger partial charge on any atom is 0.248 e. The molecule has 0 unspecified atom stereocenters. The highest BCUT2D eigenvalue weighted by molar-refractivity contribution is 5.94. The molecule has 0 aliphatic carbocycles. The van der Waals surface area contributed by atoms with Crippen LogP contribution in [0.15, 0.2) is 30.6 Å². The van der Waals surface area contributed by atoms with Crippen LogP contribution in [0, 0.1) is 0 Å². The number of benzene rings is 1. The molecule has 21 heavy (non-hydrogen) atoms. The third-order valence-corrected chi connectivity index (χ3v) is 3.19. The molecule has 6 nitrogen and oxygen atoms in total. The molecule has 0 bridgehead atoms. The molecule has 0 radical (unpaired) electrons. The van der Waals surface area contributed by atoms with Crippen LogP contribution >= 0.6 is 0 Å². The molecule has 0 aliphatic rings. The molecule has 112 valence electrons. The third-order valence-electron chi connectivity index (χ3n) is 3.19. The Labute approximate surface area is 123 Å². The van der Waals surface area contributed by atoms with Gasteiger partial charge in [-0.15, -0.1) is 0 Å². The number of methoxy groups -OCH3 is 1. The minimum absolute atomic E-state index is 0.440. The lowest BCUT2D eigenvalue weighted by Gasteiger charge is -2.13. The summed E-state index contributed by atoms with van der Waals surface area (Å²) in [6.07, 6.45) is 4.78. The number of ether oxygens (including phenoxy) is 1. The lowest BCUT2D eigenvalue weighted by atomic mass is 10.1. The van der Waals surface area contributed by atoms with E-state index in [1.807, 2.05) is 6.20 Å². The van der Waals surface area contributed by atoms with Gasteiger partial charge < -0.3 is 20.4 Å². The highest BCUT2D eigenvalue weighted by atomic mass is 16.5. The summed E-state index contributed by atoms with van der Waals surface area (Å²) in [5.74, 6) is 1.13. The highest BCUT2D eigenvalue weighted by Crippen LogP contribution is 2.25. The van der Waals surface area contributed by atoms with Gasteiger partial charge >= 0.3 is 0 Å². The summed E-state index contributed by atoms with van der Waals surface area (Å²) in [6.45, 7) is 3.59. The minimum atomic E-state index is -0.465. The van der Waals surface area contributed by atoms with Gasteiger partial charge in [-0.1, -0.05) is 6.92 Å². The SMILES string of the molecule is CCCn1ccnc1CNc1cc(C(N)=O)ccc1OC. The number of nitrogens with one attached hydrogen (secondary N) is 1. The number of anilines is 1. The normalized spacial score (nSPS) is 10.4. The number of carbonyl (C=O) groups is 1. The van der Waals surface area contributed by atoms with E-state index in [-0.39, 0.29) is 0 Å². The molecule has 6 heteroatoms. The number of nitrogens with two attached hydrogens (primary N) is 1. The third kappa shape index (κ3) is 3.53. The minimum Gasteiger partial charge on any atom is -0.495 e. The number of hydrogen-bond donors (Lipinski definition) is 2. The quantitative estimate of drug-likeness (QED) is 0.816. The van der Waals surface area contributed by atoms with Crippen molar-refractivity contribution in [1.29, 1.82) is 0 Å². The molecular weight excluding hydrogens is 268 g/mol. The summed E-state index contributed by atoms with van der Waals surface area (Å²) in [4.78, 5) is 15.6. The van der Waals surface area contributed by atoms with Crippen molar-refractivity contribution in [3.8, 4) is 5.75 Å². The van der Waals surface area contributed by atoms with Crippen LogP contribution in [0.25, 0.3) is 0 Å². The zero-order valence-corrected chi connectivity index (χ0v) is 12.3. The van der Waals surface area contributed by atoms with Gasteiger partial charge in [0.05, 0.1) is 19.3 Å². The van der Waals surface area contributed by atoms with Gasteiger partial charge in [0.1, 0.15) is 11.6 Å². The molecule has 1 aromatic heterocycles. The number of aromatic nitrogens is 2. The number of rotatable bonds is 7. The summed E-state index contributed by atoms with van der Waals surface area (Å²) in [5, 5.41) is 3.24. The lowest BCUT2D eigenvalue weighted by molar-refractivity contribution is 0.100. The van der Waals surface area contributed by atoms with Gasteiger partial charge in [0.2, 0.25) is 5.91 Å². The Hall–Kier alpha value is -2.50. The molecule has 1 amide bonds. The van der Waals surface area contributed by atoms with Crippen molar-refractivity contribution >= 4 is 11.6 Å². The Bertz CT molecular complexity index is 622.